The summed E-state index contributed by atoms with van der Waals surface area (Å²) in [6.07, 6.45) is 1.07. The normalized spacial score (nSPS) is 12.0. The van der Waals surface area contributed by atoms with Gasteiger partial charge in [0.2, 0.25) is 0 Å². The van der Waals surface area contributed by atoms with Gasteiger partial charge in [-0.05, 0) is 54.7 Å². The van der Waals surface area contributed by atoms with Crippen LogP contribution in [0.1, 0.15) is 37.3 Å². The fourth-order valence-corrected chi connectivity index (χ4v) is 2.87. The highest BCUT2D eigenvalue weighted by atomic mass is 16.5. The summed E-state index contributed by atoms with van der Waals surface area (Å²) in [6.45, 7) is 6.04. The smallest absolute Gasteiger partial charge is 0.336 e. The Kier molecular flexibility index (Phi) is 5.60. The number of aryl methyl sites for hydroxylation is 1. The summed E-state index contributed by atoms with van der Waals surface area (Å²) in [5.74, 6) is 0.713. The topological polar surface area (TPSA) is 68.5 Å². The van der Waals surface area contributed by atoms with Crippen LogP contribution in [0.2, 0.25) is 0 Å². The van der Waals surface area contributed by atoms with Crippen LogP contribution >= 0.6 is 0 Å². The molecule has 0 aliphatic heterocycles. The van der Waals surface area contributed by atoms with Gasteiger partial charge in [0.25, 0.3) is 5.91 Å². The molecule has 0 bridgehead atoms. The summed E-state index contributed by atoms with van der Waals surface area (Å²) in [4.78, 5) is 23.6. The molecular weight excluding hydrogens is 342 g/mol. The van der Waals surface area contributed by atoms with E-state index in [1.165, 1.54) is 11.6 Å². The predicted octanol–water partition coefficient (Wildman–Crippen LogP) is 4.63. The lowest BCUT2D eigenvalue weighted by Gasteiger charge is -2.11. The molecule has 0 aliphatic carbocycles. The zero-order valence-electron chi connectivity index (χ0n) is 15.7. The Bertz CT molecular complexity index is 1000. The van der Waals surface area contributed by atoms with Gasteiger partial charge in [-0.1, -0.05) is 26.0 Å². The molecule has 27 heavy (non-hydrogen) atoms. The van der Waals surface area contributed by atoms with E-state index in [9.17, 15) is 9.59 Å². The number of rotatable bonds is 6. The van der Waals surface area contributed by atoms with Crippen LogP contribution in [-0.2, 0) is 4.79 Å². The van der Waals surface area contributed by atoms with E-state index in [-0.39, 0.29) is 12.5 Å². The lowest BCUT2D eigenvalue weighted by molar-refractivity contribution is -0.118. The third kappa shape index (κ3) is 4.56. The Hall–Kier alpha value is -3.08. The second-order valence-corrected chi connectivity index (χ2v) is 6.67. The van der Waals surface area contributed by atoms with Gasteiger partial charge in [-0.25, -0.2) is 4.79 Å². The third-order valence-electron chi connectivity index (χ3n) is 4.67. The fourth-order valence-electron chi connectivity index (χ4n) is 2.87. The van der Waals surface area contributed by atoms with Crippen molar-refractivity contribution in [1.29, 1.82) is 0 Å². The first-order valence-electron chi connectivity index (χ1n) is 9.03. The zero-order valence-corrected chi connectivity index (χ0v) is 15.7. The fraction of sp³-hybridized carbons (Fsp3) is 0.273. The number of carbonyl (C=O) groups excluding carboxylic acids is 1. The summed E-state index contributed by atoms with van der Waals surface area (Å²) in [5.41, 5.74) is 2.86. The Morgan fingerprint density at radius 3 is 2.59 bits per heavy atom. The van der Waals surface area contributed by atoms with Crippen LogP contribution in [0.25, 0.3) is 11.0 Å². The lowest BCUT2D eigenvalue weighted by atomic mass is 9.99. The second kappa shape index (κ2) is 8.08. The number of fused-ring (bicyclic) bond motifs is 1. The molecule has 1 heterocycles. The predicted molar refractivity (Wildman–Crippen MR) is 106 cm³/mol. The van der Waals surface area contributed by atoms with E-state index < -0.39 is 5.63 Å². The van der Waals surface area contributed by atoms with Crippen LogP contribution in [0.15, 0.2) is 57.7 Å². The van der Waals surface area contributed by atoms with Crippen molar-refractivity contribution in [3.05, 3.63) is 70.1 Å². The van der Waals surface area contributed by atoms with Crippen LogP contribution in [-0.4, -0.2) is 12.5 Å². The first-order valence-corrected chi connectivity index (χ1v) is 9.03. The van der Waals surface area contributed by atoms with Gasteiger partial charge in [0.1, 0.15) is 11.3 Å². The molecule has 5 nitrogen and oxygen atoms in total. The average Bonchev–Trinajstić information content (AvgIpc) is 2.66. The maximum Gasteiger partial charge on any atom is 0.336 e. The first-order chi connectivity index (χ1) is 13.0. The highest BCUT2D eigenvalue weighted by Gasteiger charge is 2.08. The number of hydrogen-bond acceptors (Lipinski definition) is 4. The molecule has 1 atom stereocenters. The Balaban J connectivity index is 1.62. The molecule has 0 fully saturated rings. The molecule has 0 spiro atoms. The molecule has 2 aromatic carbocycles. The molecule has 0 radical (unpaired) electrons. The van der Waals surface area contributed by atoms with Gasteiger partial charge < -0.3 is 14.5 Å². The Morgan fingerprint density at radius 2 is 1.89 bits per heavy atom. The van der Waals surface area contributed by atoms with E-state index >= 15 is 0 Å². The second-order valence-electron chi connectivity index (χ2n) is 6.67. The van der Waals surface area contributed by atoms with Crippen molar-refractivity contribution in [2.45, 2.75) is 33.1 Å². The van der Waals surface area contributed by atoms with E-state index in [0.29, 0.717) is 17.3 Å². The molecule has 3 aromatic rings. The molecule has 3 rings (SSSR count). The van der Waals surface area contributed by atoms with Crippen LogP contribution in [0, 0.1) is 6.92 Å². The summed E-state index contributed by atoms with van der Waals surface area (Å²) < 4.78 is 10.7. The number of hydrogen-bond donors (Lipinski definition) is 1. The van der Waals surface area contributed by atoms with E-state index in [1.807, 2.05) is 37.3 Å². The summed E-state index contributed by atoms with van der Waals surface area (Å²) in [5, 5.41) is 3.65. The quantitative estimate of drug-likeness (QED) is 0.647. The van der Waals surface area contributed by atoms with Gasteiger partial charge in [-0.15, -0.1) is 0 Å². The van der Waals surface area contributed by atoms with Crippen LogP contribution in [0.3, 0.4) is 0 Å². The van der Waals surface area contributed by atoms with Crippen molar-refractivity contribution < 1.29 is 13.9 Å². The largest absolute Gasteiger partial charge is 0.484 e. The van der Waals surface area contributed by atoms with Crippen LogP contribution in [0.4, 0.5) is 5.69 Å². The standard InChI is InChI=1S/C22H23NO4/c1-4-14(2)16-5-7-17(8-6-16)23-21(24)13-26-18-9-10-19-15(3)11-22(25)27-20(19)12-18/h5-12,14H,4,13H2,1-3H3,(H,23,24)/t14-/m0/s1. The van der Waals surface area contributed by atoms with Crippen molar-refractivity contribution in [3.8, 4) is 5.75 Å². The average molecular weight is 365 g/mol. The van der Waals surface area contributed by atoms with Crippen molar-refractivity contribution in [2.24, 2.45) is 0 Å². The minimum absolute atomic E-state index is 0.130. The number of anilines is 1. The molecule has 140 valence electrons. The third-order valence-corrected chi connectivity index (χ3v) is 4.67. The minimum Gasteiger partial charge on any atom is -0.484 e. The SMILES string of the molecule is CC[C@H](C)c1ccc(NC(=O)COc2ccc3c(C)cc(=O)oc3c2)cc1. The number of amides is 1. The van der Waals surface area contributed by atoms with Gasteiger partial charge in [0.05, 0.1) is 0 Å². The summed E-state index contributed by atoms with van der Waals surface area (Å²) in [6, 6.07) is 14.5. The molecule has 0 aliphatic rings. The molecule has 1 amide bonds. The minimum atomic E-state index is -0.407. The maximum atomic E-state index is 12.1. The molecule has 0 saturated carbocycles. The summed E-state index contributed by atoms with van der Waals surface area (Å²) in [7, 11) is 0. The molecule has 1 aromatic heterocycles. The molecule has 1 N–H and O–H groups in total. The van der Waals surface area contributed by atoms with E-state index in [2.05, 4.69) is 19.2 Å². The molecule has 0 saturated heterocycles. The highest BCUT2D eigenvalue weighted by Crippen LogP contribution is 2.23. The van der Waals surface area contributed by atoms with Crippen molar-refractivity contribution >= 4 is 22.6 Å². The van der Waals surface area contributed by atoms with E-state index in [4.69, 9.17) is 9.15 Å². The monoisotopic (exact) mass is 365 g/mol. The van der Waals surface area contributed by atoms with Gasteiger partial charge in [0.15, 0.2) is 6.61 Å². The number of ether oxygens (including phenoxy) is 1. The Labute approximate surface area is 158 Å². The van der Waals surface area contributed by atoms with Crippen molar-refractivity contribution in [3.63, 3.8) is 0 Å². The number of benzene rings is 2. The van der Waals surface area contributed by atoms with Gasteiger partial charge in [-0.2, -0.15) is 0 Å². The lowest BCUT2D eigenvalue weighted by Crippen LogP contribution is -2.20. The first kappa shape index (κ1) is 18.7. The molecular formula is C22H23NO4. The summed E-state index contributed by atoms with van der Waals surface area (Å²) >= 11 is 0. The maximum absolute atomic E-state index is 12.1. The van der Waals surface area contributed by atoms with E-state index in [0.717, 1.165) is 23.1 Å². The number of nitrogens with one attached hydrogen (secondary N) is 1. The molecule has 5 heteroatoms. The van der Waals surface area contributed by atoms with Crippen LogP contribution in [0.5, 0.6) is 5.75 Å². The Morgan fingerprint density at radius 1 is 1.15 bits per heavy atom. The van der Waals surface area contributed by atoms with Gasteiger partial charge in [-0.3, -0.25) is 4.79 Å². The number of carbonyl (C=O) groups is 1. The van der Waals surface area contributed by atoms with Crippen molar-refractivity contribution in [1.82, 2.24) is 0 Å². The molecule has 0 unspecified atom stereocenters. The van der Waals surface area contributed by atoms with E-state index in [1.54, 1.807) is 12.1 Å². The van der Waals surface area contributed by atoms with Gasteiger partial charge >= 0.3 is 5.63 Å². The zero-order chi connectivity index (χ0) is 19.4. The van der Waals surface area contributed by atoms with Crippen molar-refractivity contribution in [2.75, 3.05) is 11.9 Å². The van der Waals surface area contributed by atoms with Gasteiger partial charge in [0, 0.05) is 23.2 Å². The highest BCUT2D eigenvalue weighted by molar-refractivity contribution is 5.92. The van der Waals surface area contributed by atoms with Crippen LogP contribution < -0.4 is 15.7 Å².